The fourth-order valence-corrected chi connectivity index (χ4v) is 2.68. The van der Waals surface area contributed by atoms with E-state index in [2.05, 4.69) is 20.2 Å². The summed E-state index contributed by atoms with van der Waals surface area (Å²) >= 11 is 0. The Labute approximate surface area is 141 Å². The maximum Gasteiger partial charge on any atom is 0.222 e. The average Bonchev–Trinajstić information content (AvgIpc) is 2.54. The molecule has 2 heterocycles. The van der Waals surface area contributed by atoms with Gasteiger partial charge >= 0.3 is 0 Å². The van der Waals surface area contributed by atoms with Crippen LogP contribution < -0.4 is 16.0 Å². The van der Waals surface area contributed by atoms with E-state index in [0.717, 1.165) is 35.7 Å². The predicted octanol–water partition coefficient (Wildman–Crippen LogP) is 0.676. The van der Waals surface area contributed by atoms with Crippen molar-refractivity contribution in [2.75, 3.05) is 30.8 Å². The molecule has 0 saturated carbocycles. The lowest BCUT2D eigenvalue weighted by Gasteiger charge is -2.40. The summed E-state index contributed by atoms with van der Waals surface area (Å²) in [6.45, 7) is 2.69. The summed E-state index contributed by atoms with van der Waals surface area (Å²) < 4.78 is 5.73. The topological polar surface area (TPSA) is 96.5 Å². The zero-order valence-corrected chi connectivity index (χ0v) is 13.8. The van der Waals surface area contributed by atoms with Crippen LogP contribution >= 0.6 is 0 Å². The first-order valence-electron chi connectivity index (χ1n) is 8.00. The average molecular weight is 329 g/mol. The summed E-state index contributed by atoms with van der Waals surface area (Å²) in [5, 5.41) is 12.4. The van der Waals surface area contributed by atoms with Crippen LogP contribution in [0, 0.1) is 0 Å². The second-order valence-corrected chi connectivity index (χ2v) is 5.94. The molecule has 1 aliphatic rings. The summed E-state index contributed by atoms with van der Waals surface area (Å²) in [4.78, 5) is 10.7. The number of nitrogen functional groups attached to an aromatic ring is 1. The molecular weight excluding hydrogens is 306 g/mol. The lowest BCUT2D eigenvalue weighted by molar-refractivity contribution is 0.104. The van der Waals surface area contributed by atoms with Gasteiger partial charge in [-0.1, -0.05) is 24.3 Å². The van der Waals surface area contributed by atoms with E-state index in [4.69, 9.17) is 15.6 Å². The lowest BCUT2D eigenvalue weighted by atomic mass is 10.1. The normalized spacial score (nSPS) is 14.7. The zero-order chi connectivity index (χ0) is 16.9. The Bertz CT molecular complexity index is 688. The van der Waals surface area contributed by atoms with Crippen LogP contribution in [0.15, 0.2) is 30.3 Å². The second-order valence-electron chi connectivity index (χ2n) is 5.94. The zero-order valence-electron chi connectivity index (χ0n) is 13.8. The van der Waals surface area contributed by atoms with Gasteiger partial charge < -0.3 is 25.8 Å². The van der Waals surface area contributed by atoms with Crippen molar-refractivity contribution in [1.82, 2.24) is 15.3 Å². The molecule has 0 amide bonds. The first-order valence-corrected chi connectivity index (χ1v) is 8.00. The van der Waals surface area contributed by atoms with Gasteiger partial charge in [-0.05, 0) is 18.2 Å². The molecule has 1 aliphatic heterocycles. The van der Waals surface area contributed by atoms with Crippen molar-refractivity contribution in [3.63, 3.8) is 0 Å². The Morgan fingerprint density at radius 3 is 2.79 bits per heavy atom. The largest absolute Gasteiger partial charge is 0.392 e. The standard InChI is InChI=1S/C17H23N5O2/c1-19-15-7-22(8-15)16-6-14(20-17(18)21-16)11-24-10-13-4-2-3-12(5-13)9-23/h2-6,15,19,23H,7-11H2,1H3,(H2,18,20,21). The van der Waals surface area contributed by atoms with E-state index < -0.39 is 0 Å². The minimum absolute atomic E-state index is 0.0308. The molecule has 0 unspecified atom stereocenters. The third-order valence-corrected chi connectivity index (χ3v) is 4.09. The van der Waals surface area contributed by atoms with Crippen molar-refractivity contribution in [3.8, 4) is 0 Å². The minimum atomic E-state index is 0.0308. The van der Waals surface area contributed by atoms with Crippen LogP contribution in [-0.4, -0.2) is 41.3 Å². The minimum Gasteiger partial charge on any atom is -0.392 e. The van der Waals surface area contributed by atoms with Gasteiger partial charge in [0.25, 0.3) is 0 Å². The first kappa shape index (κ1) is 16.6. The van der Waals surface area contributed by atoms with Crippen molar-refractivity contribution < 1.29 is 9.84 Å². The molecule has 1 aromatic carbocycles. The maximum absolute atomic E-state index is 9.16. The molecular formula is C17H23N5O2. The van der Waals surface area contributed by atoms with Gasteiger partial charge in [0.2, 0.25) is 5.95 Å². The van der Waals surface area contributed by atoms with Crippen LogP contribution in [0.1, 0.15) is 16.8 Å². The van der Waals surface area contributed by atoms with Crippen LogP contribution in [0.4, 0.5) is 11.8 Å². The Morgan fingerprint density at radius 1 is 1.25 bits per heavy atom. The number of ether oxygens (including phenoxy) is 1. The SMILES string of the molecule is CNC1CN(c2cc(COCc3cccc(CO)c3)nc(N)n2)C1. The van der Waals surface area contributed by atoms with Crippen molar-refractivity contribution in [1.29, 1.82) is 0 Å². The molecule has 7 nitrogen and oxygen atoms in total. The summed E-state index contributed by atoms with van der Waals surface area (Å²) in [5.74, 6) is 1.11. The van der Waals surface area contributed by atoms with E-state index >= 15 is 0 Å². The van der Waals surface area contributed by atoms with E-state index in [1.807, 2.05) is 37.4 Å². The highest BCUT2D eigenvalue weighted by Crippen LogP contribution is 2.20. The highest BCUT2D eigenvalue weighted by molar-refractivity contribution is 5.46. The van der Waals surface area contributed by atoms with Crippen LogP contribution in [0.25, 0.3) is 0 Å². The molecule has 24 heavy (non-hydrogen) atoms. The number of benzene rings is 1. The summed E-state index contributed by atoms with van der Waals surface area (Å²) in [6, 6.07) is 10.1. The molecule has 0 spiro atoms. The molecule has 7 heteroatoms. The molecule has 128 valence electrons. The number of rotatable bonds is 7. The van der Waals surface area contributed by atoms with Gasteiger partial charge in [-0.2, -0.15) is 4.98 Å². The van der Waals surface area contributed by atoms with Gasteiger partial charge in [-0.3, -0.25) is 0 Å². The summed E-state index contributed by atoms with van der Waals surface area (Å²) in [7, 11) is 1.96. The Kier molecular flexibility index (Phi) is 5.24. The fourth-order valence-electron chi connectivity index (χ4n) is 2.68. The van der Waals surface area contributed by atoms with Crippen molar-refractivity contribution in [3.05, 3.63) is 47.2 Å². The van der Waals surface area contributed by atoms with E-state index in [1.54, 1.807) is 0 Å². The molecule has 0 aliphatic carbocycles. The fraction of sp³-hybridized carbons (Fsp3) is 0.412. The van der Waals surface area contributed by atoms with Crippen molar-refractivity contribution in [2.24, 2.45) is 0 Å². The number of nitrogens with one attached hydrogen (secondary N) is 1. The molecule has 1 fully saturated rings. The number of hydrogen-bond acceptors (Lipinski definition) is 7. The van der Waals surface area contributed by atoms with Crippen molar-refractivity contribution >= 4 is 11.8 Å². The quantitative estimate of drug-likeness (QED) is 0.687. The van der Waals surface area contributed by atoms with Gasteiger partial charge in [0.1, 0.15) is 5.82 Å². The number of likely N-dealkylation sites (N-methyl/N-ethyl adjacent to an activating group) is 1. The number of nitrogens with zero attached hydrogens (tertiary/aromatic N) is 3. The predicted molar refractivity (Wildman–Crippen MR) is 92.4 cm³/mol. The number of aliphatic hydroxyl groups excluding tert-OH is 1. The number of nitrogens with two attached hydrogens (primary N) is 1. The second kappa shape index (κ2) is 7.57. The summed E-state index contributed by atoms with van der Waals surface area (Å²) in [6.07, 6.45) is 0. The van der Waals surface area contributed by atoms with Crippen LogP contribution in [-0.2, 0) is 24.6 Å². The lowest BCUT2D eigenvalue weighted by Crippen LogP contribution is -2.57. The maximum atomic E-state index is 9.16. The van der Waals surface area contributed by atoms with Gasteiger partial charge in [0.05, 0.1) is 25.5 Å². The van der Waals surface area contributed by atoms with Crippen molar-refractivity contribution in [2.45, 2.75) is 25.9 Å². The van der Waals surface area contributed by atoms with Crippen LogP contribution in [0.5, 0.6) is 0 Å². The van der Waals surface area contributed by atoms with Crippen LogP contribution in [0.3, 0.4) is 0 Å². The Morgan fingerprint density at radius 2 is 2.04 bits per heavy atom. The van der Waals surface area contributed by atoms with E-state index in [1.165, 1.54) is 0 Å². The molecule has 0 atom stereocenters. The van der Waals surface area contributed by atoms with Gasteiger partial charge in [0, 0.05) is 25.2 Å². The first-order chi connectivity index (χ1) is 11.7. The number of hydrogen-bond donors (Lipinski definition) is 3. The highest BCUT2D eigenvalue weighted by atomic mass is 16.5. The van der Waals surface area contributed by atoms with Gasteiger partial charge in [-0.25, -0.2) is 4.98 Å². The number of aliphatic hydroxyl groups is 1. The third-order valence-electron chi connectivity index (χ3n) is 4.09. The monoisotopic (exact) mass is 329 g/mol. The van der Waals surface area contributed by atoms with E-state index in [0.29, 0.717) is 19.3 Å². The Balaban J connectivity index is 1.58. The summed E-state index contributed by atoms with van der Waals surface area (Å²) in [5.41, 5.74) is 8.48. The smallest absolute Gasteiger partial charge is 0.222 e. The van der Waals surface area contributed by atoms with E-state index in [9.17, 15) is 0 Å². The number of anilines is 2. The molecule has 1 saturated heterocycles. The van der Waals surface area contributed by atoms with Gasteiger partial charge in [-0.15, -0.1) is 0 Å². The van der Waals surface area contributed by atoms with Gasteiger partial charge in [0.15, 0.2) is 0 Å². The molecule has 0 bridgehead atoms. The Hall–Kier alpha value is -2.22. The molecule has 3 rings (SSSR count). The molecule has 1 aromatic heterocycles. The van der Waals surface area contributed by atoms with Crippen LogP contribution in [0.2, 0.25) is 0 Å². The highest BCUT2D eigenvalue weighted by Gasteiger charge is 2.26. The molecule has 2 aromatic rings. The third kappa shape index (κ3) is 4.00. The number of aromatic nitrogens is 2. The molecule has 4 N–H and O–H groups in total. The van der Waals surface area contributed by atoms with E-state index in [-0.39, 0.29) is 12.6 Å². The molecule has 0 radical (unpaired) electrons.